The normalized spacial score (nSPS) is 19.2. The van der Waals surface area contributed by atoms with Crippen LogP contribution < -0.4 is 4.74 Å². The predicted molar refractivity (Wildman–Crippen MR) is 51.7 cm³/mol. The zero-order chi connectivity index (χ0) is 8.77. The molecule has 1 heterocycles. The first-order valence-electron chi connectivity index (χ1n) is 3.72. The SMILES string of the molecule is COc1sc(C2(O)CC2)cc1Br. The van der Waals surface area contributed by atoms with Gasteiger partial charge in [0, 0.05) is 4.88 Å². The molecule has 0 spiro atoms. The Labute approximate surface area is 83.3 Å². The van der Waals surface area contributed by atoms with E-state index in [1.54, 1.807) is 7.11 Å². The van der Waals surface area contributed by atoms with Crippen molar-refractivity contribution in [3.63, 3.8) is 0 Å². The van der Waals surface area contributed by atoms with Crippen molar-refractivity contribution < 1.29 is 9.84 Å². The highest BCUT2D eigenvalue weighted by molar-refractivity contribution is 9.10. The van der Waals surface area contributed by atoms with Crippen LogP contribution >= 0.6 is 27.3 Å². The second kappa shape index (κ2) is 2.72. The molecule has 0 amide bonds. The van der Waals surface area contributed by atoms with Crippen molar-refractivity contribution in [1.82, 2.24) is 0 Å². The lowest BCUT2D eigenvalue weighted by Gasteiger charge is -2.00. The van der Waals surface area contributed by atoms with E-state index in [0.29, 0.717) is 0 Å². The van der Waals surface area contributed by atoms with Crippen LogP contribution in [-0.4, -0.2) is 12.2 Å². The summed E-state index contributed by atoms with van der Waals surface area (Å²) in [5.41, 5.74) is -0.538. The molecule has 2 nitrogen and oxygen atoms in total. The molecule has 0 aromatic carbocycles. The quantitative estimate of drug-likeness (QED) is 0.872. The molecule has 0 radical (unpaired) electrons. The van der Waals surface area contributed by atoms with E-state index in [1.165, 1.54) is 11.3 Å². The number of hydrogen-bond acceptors (Lipinski definition) is 3. The zero-order valence-corrected chi connectivity index (χ0v) is 9.04. The van der Waals surface area contributed by atoms with Crippen LogP contribution in [0.3, 0.4) is 0 Å². The molecule has 66 valence electrons. The van der Waals surface area contributed by atoms with E-state index in [2.05, 4.69) is 15.9 Å². The minimum Gasteiger partial charge on any atom is -0.486 e. The molecule has 12 heavy (non-hydrogen) atoms. The standard InChI is InChI=1S/C8H9BrO2S/c1-11-7-5(9)4-6(12-7)8(10)2-3-8/h4,10H,2-3H2,1H3. The molecule has 0 bridgehead atoms. The maximum absolute atomic E-state index is 9.77. The largest absolute Gasteiger partial charge is 0.486 e. The van der Waals surface area contributed by atoms with Crippen LogP contribution in [-0.2, 0) is 5.60 Å². The molecule has 1 N–H and O–H groups in total. The van der Waals surface area contributed by atoms with Crippen LogP contribution in [0.4, 0.5) is 0 Å². The lowest BCUT2D eigenvalue weighted by atomic mass is 10.3. The van der Waals surface area contributed by atoms with Crippen LogP contribution in [0.25, 0.3) is 0 Å². The first kappa shape index (κ1) is 8.53. The van der Waals surface area contributed by atoms with Crippen molar-refractivity contribution in [2.24, 2.45) is 0 Å². The molecule has 0 unspecified atom stereocenters. The summed E-state index contributed by atoms with van der Waals surface area (Å²) in [7, 11) is 1.64. The molecule has 1 aromatic heterocycles. The van der Waals surface area contributed by atoms with Gasteiger partial charge in [-0.2, -0.15) is 0 Å². The fraction of sp³-hybridized carbons (Fsp3) is 0.500. The van der Waals surface area contributed by atoms with E-state index in [-0.39, 0.29) is 0 Å². The highest BCUT2D eigenvalue weighted by Gasteiger charge is 2.44. The fourth-order valence-electron chi connectivity index (χ4n) is 1.09. The summed E-state index contributed by atoms with van der Waals surface area (Å²) in [5, 5.41) is 10.6. The molecule has 1 aliphatic rings. The Morgan fingerprint density at radius 3 is 2.75 bits per heavy atom. The van der Waals surface area contributed by atoms with Crippen LogP contribution in [0.2, 0.25) is 0 Å². The van der Waals surface area contributed by atoms with Crippen molar-refractivity contribution in [3.8, 4) is 5.06 Å². The second-order valence-electron chi connectivity index (χ2n) is 2.98. The maximum Gasteiger partial charge on any atom is 0.188 e. The van der Waals surface area contributed by atoms with Crippen LogP contribution in [0.1, 0.15) is 17.7 Å². The lowest BCUT2D eigenvalue weighted by Crippen LogP contribution is -1.99. The Morgan fingerprint density at radius 1 is 1.67 bits per heavy atom. The number of halogens is 1. The molecule has 0 atom stereocenters. The highest BCUT2D eigenvalue weighted by Crippen LogP contribution is 2.51. The summed E-state index contributed by atoms with van der Waals surface area (Å²) >= 11 is 4.88. The summed E-state index contributed by atoms with van der Waals surface area (Å²) in [6.45, 7) is 0. The summed E-state index contributed by atoms with van der Waals surface area (Å²) < 4.78 is 6.04. The van der Waals surface area contributed by atoms with Crippen molar-refractivity contribution in [2.75, 3.05) is 7.11 Å². The smallest absolute Gasteiger partial charge is 0.188 e. The monoisotopic (exact) mass is 248 g/mol. The van der Waals surface area contributed by atoms with E-state index in [0.717, 1.165) is 27.3 Å². The van der Waals surface area contributed by atoms with Gasteiger partial charge in [-0.3, -0.25) is 0 Å². The molecule has 1 fully saturated rings. The number of rotatable bonds is 2. The fourth-order valence-corrected chi connectivity index (χ4v) is 2.88. The van der Waals surface area contributed by atoms with Gasteiger partial charge in [-0.15, -0.1) is 0 Å². The predicted octanol–water partition coefficient (Wildman–Crippen LogP) is 2.50. The van der Waals surface area contributed by atoms with Crippen LogP contribution in [0.5, 0.6) is 5.06 Å². The Balaban J connectivity index is 2.34. The van der Waals surface area contributed by atoms with Gasteiger partial charge < -0.3 is 9.84 Å². The van der Waals surface area contributed by atoms with Gasteiger partial charge in [0.2, 0.25) is 0 Å². The molecule has 1 aliphatic carbocycles. The van der Waals surface area contributed by atoms with Gasteiger partial charge in [0.05, 0.1) is 17.2 Å². The summed E-state index contributed by atoms with van der Waals surface area (Å²) in [6.07, 6.45) is 1.76. The van der Waals surface area contributed by atoms with Crippen molar-refractivity contribution >= 4 is 27.3 Å². The Morgan fingerprint density at radius 2 is 2.33 bits per heavy atom. The van der Waals surface area contributed by atoms with E-state index >= 15 is 0 Å². The van der Waals surface area contributed by atoms with Crippen LogP contribution in [0, 0.1) is 0 Å². The van der Waals surface area contributed by atoms with E-state index in [9.17, 15) is 5.11 Å². The third-order valence-electron chi connectivity index (χ3n) is 2.02. The van der Waals surface area contributed by atoms with Crippen molar-refractivity contribution in [2.45, 2.75) is 18.4 Å². The highest BCUT2D eigenvalue weighted by atomic mass is 79.9. The first-order valence-corrected chi connectivity index (χ1v) is 5.33. The molecular formula is C8H9BrO2S. The van der Waals surface area contributed by atoms with E-state index in [4.69, 9.17) is 4.74 Å². The molecule has 0 saturated heterocycles. The molecule has 0 aliphatic heterocycles. The van der Waals surface area contributed by atoms with Gasteiger partial charge in [0.1, 0.15) is 0 Å². The lowest BCUT2D eigenvalue weighted by molar-refractivity contribution is 0.155. The molecular weight excluding hydrogens is 240 g/mol. The van der Waals surface area contributed by atoms with Crippen molar-refractivity contribution in [1.29, 1.82) is 0 Å². The third kappa shape index (κ3) is 1.28. The minimum atomic E-state index is -0.538. The molecule has 1 saturated carbocycles. The van der Waals surface area contributed by atoms with E-state index in [1.807, 2.05) is 6.07 Å². The first-order chi connectivity index (χ1) is 5.65. The molecule has 4 heteroatoms. The summed E-state index contributed by atoms with van der Waals surface area (Å²) in [4.78, 5) is 1.01. The van der Waals surface area contributed by atoms with Gasteiger partial charge in [0.25, 0.3) is 0 Å². The maximum atomic E-state index is 9.77. The van der Waals surface area contributed by atoms with Gasteiger partial charge >= 0.3 is 0 Å². The number of thiophene rings is 1. The Bertz CT molecular complexity index is 304. The second-order valence-corrected chi connectivity index (χ2v) is 4.85. The van der Waals surface area contributed by atoms with Gasteiger partial charge in [-0.25, -0.2) is 0 Å². The van der Waals surface area contributed by atoms with E-state index < -0.39 is 5.60 Å². The number of ether oxygens (including phenoxy) is 1. The number of hydrogen-bond donors (Lipinski definition) is 1. The van der Waals surface area contributed by atoms with Gasteiger partial charge in [0.15, 0.2) is 5.06 Å². The van der Waals surface area contributed by atoms with Gasteiger partial charge in [-0.1, -0.05) is 11.3 Å². The third-order valence-corrected chi connectivity index (χ3v) is 4.16. The zero-order valence-electron chi connectivity index (χ0n) is 6.63. The molecule has 1 aromatic rings. The minimum absolute atomic E-state index is 0.538. The topological polar surface area (TPSA) is 29.5 Å². The summed E-state index contributed by atoms with van der Waals surface area (Å²) in [5.74, 6) is 0. The molecule has 2 rings (SSSR count). The number of aliphatic hydroxyl groups is 1. The van der Waals surface area contributed by atoms with Gasteiger partial charge in [-0.05, 0) is 34.8 Å². The average molecular weight is 249 g/mol. The average Bonchev–Trinajstić information content (AvgIpc) is 2.65. The Kier molecular flexibility index (Phi) is 1.93. The van der Waals surface area contributed by atoms with Crippen molar-refractivity contribution in [3.05, 3.63) is 15.4 Å². The number of methoxy groups -OCH3 is 1. The Hall–Kier alpha value is -0.0600. The summed E-state index contributed by atoms with van der Waals surface area (Å²) in [6, 6.07) is 1.94. The van der Waals surface area contributed by atoms with Crippen LogP contribution in [0.15, 0.2) is 10.5 Å².